The van der Waals surface area contributed by atoms with Crippen LogP contribution in [0.25, 0.3) is 0 Å². The van der Waals surface area contributed by atoms with Gasteiger partial charge in [0.1, 0.15) is 18.1 Å². The van der Waals surface area contributed by atoms with Gasteiger partial charge in [-0.15, -0.1) is 0 Å². The number of anilines is 1. The molecule has 0 aliphatic carbocycles. The first-order valence-electron chi connectivity index (χ1n) is 9.16. The van der Waals surface area contributed by atoms with E-state index in [4.69, 9.17) is 9.47 Å². The summed E-state index contributed by atoms with van der Waals surface area (Å²) in [7, 11) is 0. The van der Waals surface area contributed by atoms with Crippen LogP contribution in [0.15, 0.2) is 54.6 Å². The Bertz CT molecular complexity index is 762. The number of carbonyl (C=O) groups is 2. The normalized spacial score (nSPS) is 16.3. The van der Waals surface area contributed by atoms with Gasteiger partial charge in [-0.1, -0.05) is 18.2 Å². The summed E-state index contributed by atoms with van der Waals surface area (Å²) in [6, 6.07) is 16.8. The maximum absolute atomic E-state index is 12.4. The summed E-state index contributed by atoms with van der Waals surface area (Å²) in [6.45, 7) is 3.70. The zero-order chi connectivity index (χ0) is 19.1. The second kappa shape index (κ2) is 9.07. The second-order valence-electron chi connectivity index (χ2n) is 6.28. The van der Waals surface area contributed by atoms with E-state index in [1.54, 1.807) is 4.90 Å². The standard InChI is InChI=1S/C21H24N2O4/c1-2-26-19-10-8-17(9-11-19)23-15-16(14-20(23)24)21(25)22-12-13-27-18-6-4-3-5-7-18/h3-11,16H,2,12-15H2,1H3,(H,22,25)/t16-/m1/s1. The van der Waals surface area contributed by atoms with Gasteiger partial charge >= 0.3 is 0 Å². The molecule has 0 spiro atoms. The molecule has 2 aromatic carbocycles. The minimum absolute atomic E-state index is 0.0418. The van der Waals surface area contributed by atoms with E-state index in [0.717, 1.165) is 17.2 Å². The lowest BCUT2D eigenvalue weighted by atomic mass is 10.1. The topological polar surface area (TPSA) is 67.9 Å². The second-order valence-corrected chi connectivity index (χ2v) is 6.28. The smallest absolute Gasteiger partial charge is 0.227 e. The van der Waals surface area contributed by atoms with Crippen molar-refractivity contribution in [3.63, 3.8) is 0 Å². The zero-order valence-electron chi connectivity index (χ0n) is 15.4. The minimum atomic E-state index is -0.346. The summed E-state index contributed by atoms with van der Waals surface area (Å²) >= 11 is 0. The first-order chi connectivity index (χ1) is 13.2. The van der Waals surface area contributed by atoms with E-state index in [0.29, 0.717) is 26.3 Å². The number of nitrogens with one attached hydrogen (secondary N) is 1. The SMILES string of the molecule is CCOc1ccc(N2C[C@H](C(=O)NCCOc3ccccc3)CC2=O)cc1. The van der Waals surface area contributed by atoms with E-state index < -0.39 is 0 Å². The number of nitrogens with zero attached hydrogens (tertiary/aromatic N) is 1. The van der Waals surface area contributed by atoms with Gasteiger partial charge in [-0.3, -0.25) is 9.59 Å². The van der Waals surface area contributed by atoms with E-state index >= 15 is 0 Å². The molecule has 1 aliphatic heterocycles. The number of hydrogen-bond acceptors (Lipinski definition) is 4. The third-order valence-electron chi connectivity index (χ3n) is 4.37. The van der Waals surface area contributed by atoms with Crippen molar-refractivity contribution in [1.29, 1.82) is 0 Å². The lowest BCUT2D eigenvalue weighted by molar-refractivity contribution is -0.126. The van der Waals surface area contributed by atoms with Crippen molar-refractivity contribution in [3.05, 3.63) is 54.6 Å². The van der Waals surface area contributed by atoms with E-state index in [2.05, 4.69) is 5.32 Å². The molecule has 0 bridgehead atoms. The van der Waals surface area contributed by atoms with E-state index in [1.807, 2.05) is 61.5 Å². The van der Waals surface area contributed by atoms with Crippen LogP contribution >= 0.6 is 0 Å². The Kier molecular flexibility index (Phi) is 6.30. The number of hydrogen-bond donors (Lipinski definition) is 1. The Morgan fingerprint density at radius 2 is 1.78 bits per heavy atom. The van der Waals surface area contributed by atoms with Crippen molar-refractivity contribution in [1.82, 2.24) is 5.32 Å². The number of benzene rings is 2. The molecule has 6 heteroatoms. The maximum Gasteiger partial charge on any atom is 0.227 e. The lowest BCUT2D eigenvalue weighted by Crippen LogP contribution is -2.35. The van der Waals surface area contributed by atoms with Crippen molar-refractivity contribution in [2.45, 2.75) is 13.3 Å². The van der Waals surface area contributed by atoms with Gasteiger partial charge in [0.15, 0.2) is 0 Å². The molecule has 1 aliphatic rings. The van der Waals surface area contributed by atoms with Gasteiger partial charge in [-0.25, -0.2) is 0 Å². The van der Waals surface area contributed by atoms with Crippen LogP contribution in [-0.4, -0.2) is 38.1 Å². The molecule has 2 aromatic rings. The fourth-order valence-corrected chi connectivity index (χ4v) is 3.03. The molecule has 1 atom stereocenters. The first kappa shape index (κ1) is 18.8. The van der Waals surface area contributed by atoms with Gasteiger partial charge in [-0.05, 0) is 43.3 Å². The summed E-state index contributed by atoms with van der Waals surface area (Å²) in [5.74, 6) is 1.03. The molecular weight excluding hydrogens is 344 g/mol. The number of carbonyl (C=O) groups excluding carboxylic acids is 2. The average Bonchev–Trinajstić information content (AvgIpc) is 3.09. The van der Waals surface area contributed by atoms with Crippen LogP contribution in [0, 0.1) is 5.92 Å². The Morgan fingerprint density at radius 3 is 2.48 bits per heavy atom. The highest BCUT2D eigenvalue weighted by Gasteiger charge is 2.34. The highest BCUT2D eigenvalue weighted by atomic mass is 16.5. The molecule has 2 amide bonds. The molecule has 6 nitrogen and oxygen atoms in total. The molecule has 1 N–H and O–H groups in total. The van der Waals surface area contributed by atoms with Gasteiger partial charge in [0.25, 0.3) is 0 Å². The van der Waals surface area contributed by atoms with Gasteiger partial charge < -0.3 is 19.7 Å². The van der Waals surface area contributed by atoms with Crippen LogP contribution in [0.2, 0.25) is 0 Å². The van der Waals surface area contributed by atoms with Gasteiger partial charge in [0.2, 0.25) is 11.8 Å². The van der Waals surface area contributed by atoms with E-state index in [-0.39, 0.29) is 24.2 Å². The monoisotopic (exact) mass is 368 g/mol. The van der Waals surface area contributed by atoms with Crippen molar-refractivity contribution >= 4 is 17.5 Å². The number of para-hydroxylation sites is 1. The van der Waals surface area contributed by atoms with Crippen molar-refractivity contribution < 1.29 is 19.1 Å². The molecule has 1 heterocycles. The summed E-state index contributed by atoms with van der Waals surface area (Å²) < 4.78 is 11.0. The minimum Gasteiger partial charge on any atom is -0.494 e. The molecule has 0 aromatic heterocycles. The van der Waals surface area contributed by atoms with Crippen LogP contribution in [0.1, 0.15) is 13.3 Å². The fraction of sp³-hybridized carbons (Fsp3) is 0.333. The predicted molar refractivity (Wildman–Crippen MR) is 103 cm³/mol. The Balaban J connectivity index is 1.47. The van der Waals surface area contributed by atoms with Gasteiger partial charge in [0, 0.05) is 18.7 Å². The molecule has 0 saturated carbocycles. The highest BCUT2D eigenvalue weighted by molar-refractivity contribution is 6.00. The van der Waals surface area contributed by atoms with Crippen LogP contribution in [-0.2, 0) is 9.59 Å². The molecule has 1 saturated heterocycles. The van der Waals surface area contributed by atoms with Crippen molar-refractivity contribution in [2.24, 2.45) is 5.92 Å². The summed E-state index contributed by atoms with van der Waals surface area (Å²) in [5, 5.41) is 2.85. The summed E-state index contributed by atoms with van der Waals surface area (Å²) in [4.78, 5) is 26.3. The molecule has 3 rings (SSSR count). The molecule has 0 radical (unpaired) electrons. The van der Waals surface area contributed by atoms with Gasteiger partial charge in [0.05, 0.1) is 19.1 Å². The molecule has 1 fully saturated rings. The van der Waals surface area contributed by atoms with Crippen molar-refractivity contribution in [3.8, 4) is 11.5 Å². The van der Waals surface area contributed by atoms with E-state index in [9.17, 15) is 9.59 Å². The number of amides is 2. The fourth-order valence-electron chi connectivity index (χ4n) is 3.03. The maximum atomic E-state index is 12.4. The number of rotatable bonds is 8. The zero-order valence-corrected chi connectivity index (χ0v) is 15.4. The third-order valence-corrected chi connectivity index (χ3v) is 4.37. The Labute approximate surface area is 159 Å². The lowest BCUT2D eigenvalue weighted by Gasteiger charge is -2.17. The molecule has 142 valence electrons. The van der Waals surface area contributed by atoms with Gasteiger partial charge in [-0.2, -0.15) is 0 Å². The third kappa shape index (κ3) is 5.00. The predicted octanol–water partition coefficient (Wildman–Crippen LogP) is 2.63. The quantitative estimate of drug-likeness (QED) is 0.728. The van der Waals surface area contributed by atoms with Crippen LogP contribution in [0.3, 0.4) is 0 Å². The van der Waals surface area contributed by atoms with Crippen molar-refractivity contribution in [2.75, 3.05) is 31.2 Å². The average molecular weight is 368 g/mol. The van der Waals surface area contributed by atoms with Crippen LogP contribution in [0.4, 0.5) is 5.69 Å². The molecule has 0 unspecified atom stereocenters. The summed E-state index contributed by atoms with van der Waals surface area (Å²) in [5.41, 5.74) is 0.783. The Hall–Kier alpha value is -3.02. The first-order valence-corrected chi connectivity index (χ1v) is 9.16. The molecular formula is C21H24N2O4. The van der Waals surface area contributed by atoms with Crippen LogP contribution < -0.4 is 19.7 Å². The number of ether oxygens (including phenoxy) is 2. The van der Waals surface area contributed by atoms with E-state index in [1.165, 1.54) is 0 Å². The largest absolute Gasteiger partial charge is 0.494 e. The highest BCUT2D eigenvalue weighted by Crippen LogP contribution is 2.27. The molecule has 27 heavy (non-hydrogen) atoms. The summed E-state index contributed by atoms with van der Waals surface area (Å²) in [6.07, 6.45) is 0.221. The Morgan fingerprint density at radius 1 is 1.07 bits per heavy atom. The van der Waals surface area contributed by atoms with Crippen LogP contribution in [0.5, 0.6) is 11.5 Å².